The lowest BCUT2D eigenvalue weighted by molar-refractivity contribution is 0.101. The van der Waals surface area contributed by atoms with Gasteiger partial charge in [0, 0.05) is 0 Å². The monoisotopic (exact) mass is 338 g/mol. The van der Waals surface area contributed by atoms with Gasteiger partial charge in [-0.15, -0.1) is 11.3 Å². The number of hydrogen-bond acceptors (Lipinski definition) is 5. The number of thiophene rings is 1. The summed E-state index contributed by atoms with van der Waals surface area (Å²) in [5, 5.41) is 18.4. The number of aromatic nitrogens is 2. The van der Waals surface area contributed by atoms with Crippen molar-refractivity contribution in [1.29, 1.82) is 5.26 Å². The molecular formula is C17H14N4O2S. The van der Waals surface area contributed by atoms with Gasteiger partial charge in [0.1, 0.15) is 11.1 Å². The third-order valence-corrected chi connectivity index (χ3v) is 4.06. The van der Waals surface area contributed by atoms with E-state index in [1.165, 1.54) is 11.3 Å². The fourth-order valence-electron chi connectivity index (χ4n) is 2.15. The van der Waals surface area contributed by atoms with Crippen LogP contribution < -0.4 is 10.1 Å². The summed E-state index contributed by atoms with van der Waals surface area (Å²) in [6, 6.07) is 13.2. The highest BCUT2D eigenvalue weighted by molar-refractivity contribution is 7.14. The van der Waals surface area contributed by atoms with Crippen LogP contribution in [0.25, 0.3) is 5.69 Å². The Labute approximate surface area is 142 Å². The fraction of sp³-hybridized carbons (Fsp3) is 0.118. The van der Waals surface area contributed by atoms with Crippen LogP contribution in [0.2, 0.25) is 0 Å². The number of rotatable bonds is 5. The molecule has 2 aromatic heterocycles. The molecule has 0 unspecified atom stereocenters. The molecule has 0 saturated heterocycles. The van der Waals surface area contributed by atoms with E-state index in [9.17, 15) is 4.79 Å². The Morgan fingerprint density at radius 2 is 2.17 bits per heavy atom. The molecule has 1 N–H and O–H groups in total. The number of hydrogen-bond donors (Lipinski definition) is 1. The second-order valence-corrected chi connectivity index (χ2v) is 5.70. The molecule has 0 aliphatic rings. The third kappa shape index (κ3) is 3.14. The van der Waals surface area contributed by atoms with Crippen LogP contribution in [0, 0.1) is 11.3 Å². The van der Waals surface area contributed by atoms with Gasteiger partial charge in [-0.05, 0) is 30.5 Å². The van der Waals surface area contributed by atoms with Crippen molar-refractivity contribution in [2.24, 2.45) is 0 Å². The molecule has 0 aliphatic carbocycles. The lowest BCUT2D eigenvalue weighted by atomic mass is 10.3. The minimum absolute atomic E-state index is 0.179. The Balaban J connectivity index is 1.93. The number of ether oxygens (including phenoxy) is 1. The molecule has 0 saturated carbocycles. The van der Waals surface area contributed by atoms with Gasteiger partial charge in [-0.25, -0.2) is 4.68 Å². The lowest BCUT2D eigenvalue weighted by Crippen LogP contribution is -2.14. The Morgan fingerprint density at radius 3 is 2.88 bits per heavy atom. The Kier molecular flexibility index (Phi) is 4.59. The summed E-state index contributed by atoms with van der Waals surface area (Å²) in [4.78, 5) is 12.6. The van der Waals surface area contributed by atoms with Gasteiger partial charge in [0.15, 0.2) is 11.4 Å². The third-order valence-electron chi connectivity index (χ3n) is 3.23. The molecular weight excluding hydrogens is 324 g/mol. The van der Waals surface area contributed by atoms with E-state index in [4.69, 9.17) is 10.00 Å². The molecule has 7 heteroatoms. The molecule has 1 aromatic carbocycles. The number of carbonyl (C=O) groups is 1. The van der Waals surface area contributed by atoms with Gasteiger partial charge in [-0.3, -0.25) is 4.79 Å². The van der Waals surface area contributed by atoms with Crippen LogP contribution in [0.4, 0.5) is 5.00 Å². The zero-order valence-corrected chi connectivity index (χ0v) is 13.7. The molecule has 0 radical (unpaired) electrons. The van der Waals surface area contributed by atoms with Crippen LogP contribution in [0.5, 0.6) is 5.75 Å². The molecule has 3 aromatic rings. The molecule has 1 amide bonds. The molecule has 2 heterocycles. The van der Waals surface area contributed by atoms with Crippen molar-refractivity contribution < 1.29 is 9.53 Å². The van der Waals surface area contributed by atoms with Gasteiger partial charge in [-0.1, -0.05) is 18.2 Å². The van der Waals surface area contributed by atoms with Crippen LogP contribution in [-0.2, 0) is 0 Å². The summed E-state index contributed by atoms with van der Waals surface area (Å²) in [6.07, 6.45) is 1.67. The molecule has 0 bridgehead atoms. The van der Waals surface area contributed by atoms with E-state index >= 15 is 0 Å². The zero-order chi connectivity index (χ0) is 16.9. The Morgan fingerprint density at radius 1 is 1.38 bits per heavy atom. The quantitative estimate of drug-likeness (QED) is 0.772. The summed E-state index contributed by atoms with van der Waals surface area (Å²) in [5.41, 5.74) is 1.43. The molecule has 0 atom stereocenters. The average molecular weight is 338 g/mol. The molecule has 3 rings (SSSR count). The average Bonchev–Trinajstić information content (AvgIpc) is 3.22. The van der Waals surface area contributed by atoms with Crippen molar-refractivity contribution >= 4 is 22.2 Å². The topological polar surface area (TPSA) is 79.9 Å². The first-order chi connectivity index (χ1) is 11.7. The maximum absolute atomic E-state index is 12.6. The second-order valence-electron chi connectivity index (χ2n) is 4.78. The number of amides is 1. The van der Waals surface area contributed by atoms with Crippen LogP contribution >= 0.6 is 11.3 Å². The molecule has 0 fully saturated rings. The first-order valence-corrected chi connectivity index (χ1v) is 8.17. The van der Waals surface area contributed by atoms with Crippen LogP contribution in [0.1, 0.15) is 23.0 Å². The maximum atomic E-state index is 12.6. The van der Waals surface area contributed by atoms with E-state index in [0.717, 1.165) is 5.69 Å². The van der Waals surface area contributed by atoms with Gasteiger partial charge in [0.25, 0.3) is 5.91 Å². The first-order valence-electron chi connectivity index (χ1n) is 7.29. The van der Waals surface area contributed by atoms with Crippen molar-refractivity contribution in [1.82, 2.24) is 9.78 Å². The predicted molar refractivity (Wildman–Crippen MR) is 91.7 cm³/mol. The fourth-order valence-corrected chi connectivity index (χ4v) is 2.88. The SMILES string of the molecule is CCOc1cn(-c2ccccc2)nc1C(=O)Nc1sccc1C#N. The minimum Gasteiger partial charge on any atom is -0.490 e. The summed E-state index contributed by atoms with van der Waals surface area (Å²) in [5.74, 6) is -0.0130. The molecule has 120 valence electrons. The van der Waals surface area contributed by atoms with E-state index in [1.54, 1.807) is 22.3 Å². The number of nitrogens with one attached hydrogen (secondary N) is 1. The van der Waals surface area contributed by atoms with Gasteiger partial charge >= 0.3 is 0 Å². The highest BCUT2D eigenvalue weighted by Gasteiger charge is 2.20. The van der Waals surface area contributed by atoms with Gasteiger partial charge < -0.3 is 10.1 Å². The molecule has 0 aliphatic heterocycles. The smallest absolute Gasteiger partial charge is 0.280 e. The number of para-hydroxylation sites is 1. The van der Waals surface area contributed by atoms with Crippen molar-refractivity contribution in [3.63, 3.8) is 0 Å². The highest BCUT2D eigenvalue weighted by Crippen LogP contribution is 2.25. The van der Waals surface area contributed by atoms with E-state index in [1.807, 2.05) is 43.3 Å². The number of benzene rings is 1. The Hall–Kier alpha value is -3.11. The summed E-state index contributed by atoms with van der Waals surface area (Å²) < 4.78 is 7.13. The van der Waals surface area contributed by atoms with Gasteiger partial charge in [0.2, 0.25) is 0 Å². The van der Waals surface area contributed by atoms with Gasteiger partial charge in [0.05, 0.1) is 24.1 Å². The molecule has 6 nitrogen and oxygen atoms in total. The molecule has 24 heavy (non-hydrogen) atoms. The largest absolute Gasteiger partial charge is 0.490 e. The van der Waals surface area contributed by atoms with Crippen LogP contribution in [0.3, 0.4) is 0 Å². The summed E-state index contributed by atoms with van der Waals surface area (Å²) in [7, 11) is 0. The zero-order valence-electron chi connectivity index (χ0n) is 12.9. The number of anilines is 1. The normalized spacial score (nSPS) is 10.2. The van der Waals surface area contributed by atoms with Gasteiger partial charge in [-0.2, -0.15) is 10.4 Å². The highest BCUT2D eigenvalue weighted by atomic mass is 32.1. The minimum atomic E-state index is -0.410. The van der Waals surface area contributed by atoms with Crippen LogP contribution in [0.15, 0.2) is 48.0 Å². The van der Waals surface area contributed by atoms with Crippen molar-refractivity contribution in [3.05, 3.63) is 59.2 Å². The molecule has 0 spiro atoms. The maximum Gasteiger partial charge on any atom is 0.280 e. The number of nitrogens with zero attached hydrogens (tertiary/aromatic N) is 3. The second kappa shape index (κ2) is 6.98. The van der Waals surface area contributed by atoms with E-state index < -0.39 is 5.91 Å². The van der Waals surface area contributed by atoms with E-state index in [0.29, 0.717) is 22.9 Å². The lowest BCUT2D eigenvalue weighted by Gasteiger charge is -2.03. The summed E-state index contributed by atoms with van der Waals surface area (Å²) in [6.45, 7) is 2.26. The van der Waals surface area contributed by atoms with Crippen molar-refractivity contribution in [2.75, 3.05) is 11.9 Å². The Bertz CT molecular complexity index is 893. The van der Waals surface area contributed by atoms with Crippen molar-refractivity contribution in [2.45, 2.75) is 6.92 Å². The number of carbonyl (C=O) groups excluding carboxylic acids is 1. The number of nitriles is 1. The first kappa shape index (κ1) is 15.8. The standard InChI is InChI=1S/C17H14N4O2S/c1-2-23-14-11-21(13-6-4-3-5-7-13)20-15(14)16(22)19-17-12(10-18)8-9-24-17/h3-9,11H,2H2,1H3,(H,19,22). The predicted octanol–water partition coefficient (Wildman–Crippen LogP) is 3.46. The van der Waals surface area contributed by atoms with Crippen LogP contribution in [-0.4, -0.2) is 22.3 Å². The summed E-state index contributed by atoms with van der Waals surface area (Å²) >= 11 is 1.29. The van der Waals surface area contributed by atoms with Crippen molar-refractivity contribution in [3.8, 4) is 17.5 Å². The van der Waals surface area contributed by atoms with E-state index in [2.05, 4.69) is 10.4 Å². The van der Waals surface area contributed by atoms with E-state index in [-0.39, 0.29) is 5.69 Å².